The maximum atomic E-state index is 12.2. The third kappa shape index (κ3) is 5.37. The molecule has 0 spiro atoms. The second-order valence-corrected chi connectivity index (χ2v) is 11.4. The van der Waals surface area contributed by atoms with Gasteiger partial charge in [-0.05, 0) is 92.6 Å². The standard InChI is InChI=1S/C32H39N5O3/c1-3-30(39)36-14-16-37(17-15-36)31-27-11-10-23(28-21-25(38)19-22-7-4-5-9-26(22)28)20-29(27)33-32(34-31)40-18-12-24-8-6-13-35(24)2/h3-5,7,9,19,21,23-24,38H,1,6,8,10-18,20H2,2H3/t23?,24-/m0/s1. The normalized spacial score (nSPS) is 21.4. The predicted molar refractivity (Wildman–Crippen MR) is 157 cm³/mol. The molecule has 1 aliphatic carbocycles. The van der Waals surface area contributed by atoms with Crippen molar-refractivity contribution in [2.24, 2.45) is 0 Å². The van der Waals surface area contributed by atoms with E-state index in [4.69, 9.17) is 14.7 Å². The highest BCUT2D eigenvalue weighted by molar-refractivity contribution is 5.88. The van der Waals surface area contributed by atoms with Gasteiger partial charge in [-0.25, -0.2) is 0 Å². The number of aromatic hydroxyl groups is 1. The molecule has 2 atom stereocenters. The van der Waals surface area contributed by atoms with Gasteiger partial charge in [0, 0.05) is 37.8 Å². The van der Waals surface area contributed by atoms with Crippen LogP contribution in [0.2, 0.25) is 0 Å². The number of rotatable bonds is 7. The average Bonchev–Trinajstić information content (AvgIpc) is 3.39. The fourth-order valence-electron chi connectivity index (χ4n) is 6.73. The molecule has 1 aromatic heterocycles. The van der Waals surface area contributed by atoms with Crippen molar-refractivity contribution in [3.63, 3.8) is 0 Å². The topological polar surface area (TPSA) is 82.0 Å². The van der Waals surface area contributed by atoms with E-state index in [1.165, 1.54) is 35.4 Å². The first-order valence-electron chi connectivity index (χ1n) is 14.6. The number of anilines is 1. The zero-order valence-corrected chi connectivity index (χ0v) is 23.4. The SMILES string of the molecule is C=CC(=O)N1CCN(c2nc(OCC[C@@H]3CCCN3C)nc3c2CCC(c2cc(O)cc4ccccc24)C3)CC1. The largest absolute Gasteiger partial charge is 0.508 e. The van der Waals surface area contributed by atoms with Crippen LogP contribution in [0.1, 0.15) is 48.4 Å². The summed E-state index contributed by atoms with van der Waals surface area (Å²) in [5, 5.41) is 12.7. The van der Waals surface area contributed by atoms with Crippen LogP contribution in [0, 0.1) is 0 Å². The minimum absolute atomic E-state index is 0.0218. The van der Waals surface area contributed by atoms with Crippen molar-refractivity contribution in [1.82, 2.24) is 19.8 Å². The Morgan fingerprint density at radius 1 is 1.12 bits per heavy atom. The van der Waals surface area contributed by atoms with Gasteiger partial charge in [0.1, 0.15) is 11.6 Å². The van der Waals surface area contributed by atoms with E-state index >= 15 is 0 Å². The number of benzene rings is 2. The van der Waals surface area contributed by atoms with Gasteiger partial charge < -0.3 is 24.5 Å². The summed E-state index contributed by atoms with van der Waals surface area (Å²) < 4.78 is 6.23. The van der Waals surface area contributed by atoms with Crippen LogP contribution in [0.4, 0.5) is 5.82 Å². The molecule has 3 aromatic rings. The molecule has 40 heavy (non-hydrogen) atoms. The first-order chi connectivity index (χ1) is 19.5. The summed E-state index contributed by atoms with van der Waals surface area (Å²) in [5.41, 5.74) is 3.39. The van der Waals surface area contributed by atoms with Crippen molar-refractivity contribution in [3.05, 3.63) is 65.9 Å². The Morgan fingerprint density at radius 2 is 1.95 bits per heavy atom. The lowest BCUT2D eigenvalue weighted by atomic mass is 9.80. The number of carbonyl (C=O) groups is 1. The molecule has 8 nitrogen and oxygen atoms in total. The van der Waals surface area contributed by atoms with Crippen LogP contribution < -0.4 is 9.64 Å². The quantitative estimate of drug-likeness (QED) is 0.447. The second-order valence-electron chi connectivity index (χ2n) is 11.4. The van der Waals surface area contributed by atoms with Gasteiger partial charge in [0.15, 0.2) is 0 Å². The predicted octanol–water partition coefficient (Wildman–Crippen LogP) is 4.31. The minimum atomic E-state index is -0.0218. The smallest absolute Gasteiger partial charge is 0.318 e. The molecule has 3 heterocycles. The lowest BCUT2D eigenvalue weighted by Gasteiger charge is -2.37. The van der Waals surface area contributed by atoms with E-state index in [1.807, 2.05) is 23.1 Å². The van der Waals surface area contributed by atoms with E-state index in [9.17, 15) is 9.90 Å². The van der Waals surface area contributed by atoms with Gasteiger partial charge in [-0.2, -0.15) is 9.97 Å². The van der Waals surface area contributed by atoms with Crippen molar-refractivity contribution < 1.29 is 14.6 Å². The molecule has 2 fully saturated rings. The van der Waals surface area contributed by atoms with Crippen LogP contribution in [0.25, 0.3) is 10.8 Å². The van der Waals surface area contributed by atoms with Crippen LogP contribution >= 0.6 is 0 Å². The Bertz CT molecular complexity index is 1400. The van der Waals surface area contributed by atoms with Gasteiger partial charge in [-0.3, -0.25) is 4.79 Å². The Morgan fingerprint density at radius 3 is 2.73 bits per heavy atom. The molecule has 1 unspecified atom stereocenters. The van der Waals surface area contributed by atoms with Crippen LogP contribution in [-0.4, -0.2) is 83.2 Å². The van der Waals surface area contributed by atoms with Gasteiger partial charge in [-0.15, -0.1) is 0 Å². The summed E-state index contributed by atoms with van der Waals surface area (Å²) in [6.07, 6.45) is 7.40. The molecule has 6 rings (SSSR count). The number of piperazine rings is 1. The third-order valence-electron chi connectivity index (χ3n) is 8.97. The first kappa shape index (κ1) is 26.6. The molecule has 2 aliphatic heterocycles. The maximum absolute atomic E-state index is 12.2. The van der Waals surface area contributed by atoms with Gasteiger partial charge >= 0.3 is 6.01 Å². The van der Waals surface area contributed by atoms with E-state index in [-0.39, 0.29) is 11.8 Å². The zero-order valence-electron chi connectivity index (χ0n) is 23.4. The molecule has 1 N–H and O–H groups in total. The summed E-state index contributed by atoms with van der Waals surface area (Å²) >= 11 is 0. The molecule has 0 bridgehead atoms. The van der Waals surface area contributed by atoms with Crippen LogP contribution in [0.15, 0.2) is 49.1 Å². The average molecular weight is 542 g/mol. The van der Waals surface area contributed by atoms with Crippen molar-refractivity contribution >= 4 is 22.5 Å². The number of nitrogens with zero attached hydrogens (tertiary/aromatic N) is 5. The van der Waals surface area contributed by atoms with Crippen LogP contribution in [0.3, 0.4) is 0 Å². The number of phenols is 1. The molecule has 2 saturated heterocycles. The number of ether oxygens (including phenoxy) is 1. The number of hydrogen-bond acceptors (Lipinski definition) is 7. The molecule has 8 heteroatoms. The Kier molecular flexibility index (Phi) is 7.61. The van der Waals surface area contributed by atoms with Gasteiger partial charge in [0.05, 0.1) is 12.3 Å². The fraction of sp³-hybridized carbons (Fsp3) is 0.469. The van der Waals surface area contributed by atoms with Crippen LogP contribution in [-0.2, 0) is 17.6 Å². The molecule has 0 saturated carbocycles. The van der Waals surface area contributed by atoms with Gasteiger partial charge in [0.25, 0.3) is 0 Å². The number of phenolic OH excluding ortho intramolecular Hbond substituents is 1. The lowest BCUT2D eigenvalue weighted by molar-refractivity contribution is -0.126. The van der Waals surface area contributed by atoms with Gasteiger partial charge in [-0.1, -0.05) is 30.8 Å². The van der Waals surface area contributed by atoms with Gasteiger partial charge in [0.2, 0.25) is 5.91 Å². The number of likely N-dealkylation sites (tertiary alicyclic amines) is 1. The van der Waals surface area contributed by atoms with E-state index < -0.39 is 0 Å². The van der Waals surface area contributed by atoms with E-state index in [2.05, 4.69) is 41.6 Å². The molecule has 3 aliphatic rings. The van der Waals surface area contributed by atoms with E-state index in [1.54, 1.807) is 0 Å². The Hall–Kier alpha value is -3.65. The Balaban J connectivity index is 1.28. The molecular weight excluding hydrogens is 502 g/mol. The molecule has 1 amide bonds. The zero-order chi connectivity index (χ0) is 27.6. The fourth-order valence-corrected chi connectivity index (χ4v) is 6.73. The van der Waals surface area contributed by atoms with Crippen molar-refractivity contribution in [1.29, 1.82) is 0 Å². The summed E-state index contributed by atoms with van der Waals surface area (Å²) in [6, 6.07) is 13.0. The maximum Gasteiger partial charge on any atom is 0.318 e. The third-order valence-corrected chi connectivity index (χ3v) is 8.97. The number of carbonyl (C=O) groups excluding carboxylic acids is 1. The number of amides is 1. The minimum Gasteiger partial charge on any atom is -0.508 e. The summed E-state index contributed by atoms with van der Waals surface area (Å²) in [4.78, 5) is 28.6. The van der Waals surface area contributed by atoms with Crippen molar-refractivity contribution in [2.75, 3.05) is 51.3 Å². The highest BCUT2D eigenvalue weighted by Gasteiger charge is 2.30. The highest BCUT2D eigenvalue weighted by atomic mass is 16.5. The molecule has 0 radical (unpaired) electrons. The highest BCUT2D eigenvalue weighted by Crippen LogP contribution is 2.40. The first-order valence-corrected chi connectivity index (χ1v) is 14.6. The summed E-state index contributed by atoms with van der Waals surface area (Å²) in [7, 11) is 2.19. The van der Waals surface area contributed by atoms with Crippen molar-refractivity contribution in [2.45, 2.75) is 50.5 Å². The molecule has 210 valence electrons. The van der Waals surface area contributed by atoms with Crippen LogP contribution in [0.5, 0.6) is 11.8 Å². The van der Waals surface area contributed by atoms with E-state index in [0.29, 0.717) is 37.5 Å². The second kappa shape index (κ2) is 11.5. The number of hydrogen-bond donors (Lipinski definition) is 1. The monoisotopic (exact) mass is 541 g/mol. The summed E-state index contributed by atoms with van der Waals surface area (Å²) in [6.45, 7) is 8.11. The Labute approximate surface area is 236 Å². The lowest BCUT2D eigenvalue weighted by Crippen LogP contribution is -2.49. The summed E-state index contributed by atoms with van der Waals surface area (Å²) in [5.74, 6) is 1.47. The number of fused-ring (bicyclic) bond motifs is 2. The number of aromatic nitrogens is 2. The van der Waals surface area contributed by atoms with Crippen molar-refractivity contribution in [3.8, 4) is 11.8 Å². The molecule has 2 aromatic carbocycles. The van der Waals surface area contributed by atoms with E-state index in [0.717, 1.165) is 62.2 Å². The molecular formula is C32H39N5O3.